The van der Waals surface area contributed by atoms with E-state index in [1.807, 2.05) is 31.1 Å². The van der Waals surface area contributed by atoms with Crippen molar-refractivity contribution < 1.29 is 28.9 Å². The summed E-state index contributed by atoms with van der Waals surface area (Å²) < 4.78 is 16.8. The topological polar surface area (TPSA) is 91.8 Å². The van der Waals surface area contributed by atoms with Gasteiger partial charge in [-0.2, -0.15) is 0 Å². The summed E-state index contributed by atoms with van der Waals surface area (Å²) in [7, 11) is 5.66. The van der Waals surface area contributed by atoms with Crippen LogP contribution in [0.3, 0.4) is 0 Å². The van der Waals surface area contributed by atoms with Gasteiger partial charge in [-0.25, -0.2) is 0 Å². The quantitative estimate of drug-likeness (QED) is 0.328. The van der Waals surface area contributed by atoms with E-state index in [1.165, 1.54) is 0 Å². The molecule has 2 aliphatic rings. The number of rotatable bonds is 16. The number of aliphatic carboxylic acids is 1. The van der Waals surface area contributed by atoms with E-state index in [9.17, 15) is 14.7 Å². The summed E-state index contributed by atoms with van der Waals surface area (Å²) in [6.07, 6.45) is 5.71. The SMILES string of the molecule is CCCCN(CCCN(C)C)C(=O)CN1C[C@H](c2cc(OC)c3c(c2)OCO3)[C@@H](C(=O)O)[C@@H]1CC(C)CCC. The molecule has 9 heteroatoms. The van der Waals surface area contributed by atoms with Gasteiger partial charge in [0.25, 0.3) is 0 Å². The van der Waals surface area contributed by atoms with Crippen molar-refractivity contribution in [2.45, 2.75) is 71.3 Å². The molecule has 9 nitrogen and oxygen atoms in total. The van der Waals surface area contributed by atoms with Crippen LogP contribution in [-0.4, -0.2) is 98.4 Å². The van der Waals surface area contributed by atoms with E-state index in [0.29, 0.717) is 36.3 Å². The number of ether oxygens (including phenoxy) is 3. The molecule has 220 valence electrons. The van der Waals surface area contributed by atoms with E-state index in [4.69, 9.17) is 14.2 Å². The van der Waals surface area contributed by atoms with Gasteiger partial charge in [0, 0.05) is 31.6 Å². The van der Waals surface area contributed by atoms with Crippen molar-refractivity contribution in [3.63, 3.8) is 0 Å². The number of amides is 1. The van der Waals surface area contributed by atoms with Gasteiger partial charge in [0.15, 0.2) is 11.5 Å². The molecule has 0 bridgehead atoms. The number of fused-ring (bicyclic) bond motifs is 1. The maximum atomic E-state index is 13.7. The van der Waals surface area contributed by atoms with Crippen LogP contribution in [-0.2, 0) is 9.59 Å². The highest BCUT2D eigenvalue weighted by atomic mass is 16.7. The molecule has 1 saturated heterocycles. The third-order valence-electron chi connectivity index (χ3n) is 8.07. The molecular weight excluding hydrogens is 498 g/mol. The number of carbonyl (C=O) groups is 2. The first-order chi connectivity index (χ1) is 18.7. The molecule has 0 saturated carbocycles. The Kier molecular flexibility index (Phi) is 11.7. The van der Waals surface area contributed by atoms with Gasteiger partial charge in [0.05, 0.1) is 19.6 Å². The lowest BCUT2D eigenvalue weighted by Crippen LogP contribution is -2.45. The minimum Gasteiger partial charge on any atom is -0.493 e. The van der Waals surface area contributed by atoms with Gasteiger partial charge >= 0.3 is 5.97 Å². The number of hydrogen-bond acceptors (Lipinski definition) is 7. The van der Waals surface area contributed by atoms with Crippen molar-refractivity contribution in [1.82, 2.24) is 14.7 Å². The minimum atomic E-state index is -0.825. The first kappa shape index (κ1) is 31.0. The van der Waals surface area contributed by atoms with E-state index >= 15 is 0 Å². The van der Waals surface area contributed by atoms with Gasteiger partial charge in [-0.1, -0.05) is 40.0 Å². The third-order valence-corrected chi connectivity index (χ3v) is 8.07. The monoisotopic (exact) mass is 547 g/mol. The van der Waals surface area contributed by atoms with Crippen molar-refractivity contribution >= 4 is 11.9 Å². The smallest absolute Gasteiger partial charge is 0.308 e. The summed E-state index contributed by atoms with van der Waals surface area (Å²) >= 11 is 0. The highest BCUT2D eigenvalue weighted by Crippen LogP contribution is 2.47. The first-order valence-corrected chi connectivity index (χ1v) is 14.6. The number of nitrogens with zero attached hydrogens (tertiary/aromatic N) is 3. The van der Waals surface area contributed by atoms with Gasteiger partial charge in [0.1, 0.15) is 0 Å². The molecule has 1 aromatic rings. The Morgan fingerprint density at radius 1 is 1.13 bits per heavy atom. The van der Waals surface area contributed by atoms with Gasteiger partial charge in [-0.15, -0.1) is 0 Å². The number of methoxy groups -OCH3 is 1. The summed E-state index contributed by atoms with van der Waals surface area (Å²) in [4.78, 5) is 32.8. The molecule has 39 heavy (non-hydrogen) atoms. The lowest BCUT2D eigenvalue weighted by Gasteiger charge is -2.31. The molecule has 2 aliphatic heterocycles. The Hall–Kier alpha value is -2.52. The number of unbranched alkanes of at least 4 members (excludes halogenated alkanes) is 1. The van der Waals surface area contributed by atoms with Crippen LogP contribution in [0.15, 0.2) is 12.1 Å². The Morgan fingerprint density at radius 2 is 1.87 bits per heavy atom. The maximum absolute atomic E-state index is 13.7. The lowest BCUT2D eigenvalue weighted by molar-refractivity contribution is -0.144. The molecule has 1 N–H and O–H groups in total. The fourth-order valence-corrected chi connectivity index (χ4v) is 6.07. The average molecular weight is 548 g/mol. The van der Waals surface area contributed by atoms with Crippen LogP contribution >= 0.6 is 0 Å². The van der Waals surface area contributed by atoms with E-state index in [1.54, 1.807) is 7.11 Å². The summed E-state index contributed by atoms with van der Waals surface area (Å²) in [5.74, 6) is 0.357. The van der Waals surface area contributed by atoms with Crippen LogP contribution in [0.4, 0.5) is 0 Å². The largest absolute Gasteiger partial charge is 0.493 e. The normalized spacial score (nSPS) is 21.4. The van der Waals surface area contributed by atoms with Crippen molar-refractivity contribution in [1.29, 1.82) is 0 Å². The van der Waals surface area contributed by atoms with E-state index < -0.39 is 11.9 Å². The average Bonchev–Trinajstić information content (AvgIpc) is 3.50. The molecule has 1 amide bonds. The number of likely N-dealkylation sites (tertiary alicyclic amines) is 1. The first-order valence-electron chi connectivity index (χ1n) is 14.6. The molecule has 0 aliphatic carbocycles. The predicted molar refractivity (Wildman–Crippen MR) is 152 cm³/mol. The number of carboxylic acids is 1. The Labute approximate surface area is 234 Å². The van der Waals surface area contributed by atoms with Crippen LogP contribution in [0, 0.1) is 11.8 Å². The molecule has 0 spiro atoms. The van der Waals surface area contributed by atoms with Crippen LogP contribution in [0.25, 0.3) is 0 Å². The van der Waals surface area contributed by atoms with Crippen molar-refractivity contribution in [3.05, 3.63) is 17.7 Å². The fourth-order valence-electron chi connectivity index (χ4n) is 6.07. The molecule has 0 aromatic heterocycles. The standard InChI is InChI=1S/C30H49N3O6/c1-7-9-13-32(14-10-12-31(4)5)27(34)19-33-18-23(28(30(35)36)24(33)15-21(3)11-8-2)22-16-25(37-6)29-26(17-22)38-20-39-29/h16-17,21,23-24,28H,7-15,18-20H2,1-6H3,(H,35,36)/t21?,23-,24+,28-/m1/s1. The van der Waals surface area contributed by atoms with Crippen LogP contribution in [0.5, 0.6) is 17.2 Å². The van der Waals surface area contributed by atoms with E-state index in [2.05, 4.69) is 30.6 Å². The zero-order chi connectivity index (χ0) is 28.5. The molecule has 3 rings (SSSR count). The molecule has 1 unspecified atom stereocenters. The highest BCUT2D eigenvalue weighted by Gasteiger charge is 2.48. The second kappa shape index (κ2) is 14.7. The molecule has 1 fully saturated rings. The van der Waals surface area contributed by atoms with Crippen LogP contribution in [0.1, 0.15) is 70.8 Å². The minimum absolute atomic E-state index is 0.0865. The van der Waals surface area contributed by atoms with Crippen molar-refractivity contribution in [2.75, 3.05) is 60.7 Å². The van der Waals surface area contributed by atoms with Gasteiger partial charge in [-0.3, -0.25) is 14.5 Å². The lowest BCUT2D eigenvalue weighted by atomic mass is 9.81. The molecule has 2 heterocycles. The third kappa shape index (κ3) is 8.01. The molecule has 1 aromatic carbocycles. The van der Waals surface area contributed by atoms with E-state index in [-0.39, 0.29) is 31.2 Å². The zero-order valence-corrected chi connectivity index (χ0v) is 24.8. The maximum Gasteiger partial charge on any atom is 0.308 e. The summed E-state index contributed by atoms with van der Waals surface area (Å²) in [5, 5.41) is 10.5. The summed E-state index contributed by atoms with van der Waals surface area (Å²) in [6.45, 7) is 9.69. The van der Waals surface area contributed by atoms with Crippen LogP contribution in [0.2, 0.25) is 0 Å². The molecular formula is C30H49N3O6. The number of hydrogen-bond donors (Lipinski definition) is 1. The molecule has 4 atom stereocenters. The Bertz CT molecular complexity index is 955. The summed E-state index contributed by atoms with van der Waals surface area (Å²) in [5.41, 5.74) is 0.848. The Morgan fingerprint density at radius 3 is 2.51 bits per heavy atom. The van der Waals surface area contributed by atoms with Gasteiger partial charge in [0.2, 0.25) is 18.4 Å². The van der Waals surface area contributed by atoms with Gasteiger partial charge < -0.3 is 29.1 Å². The van der Waals surface area contributed by atoms with Crippen molar-refractivity contribution in [3.8, 4) is 17.2 Å². The molecule has 0 radical (unpaired) electrons. The summed E-state index contributed by atoms with van der Waals surface area (Å²) in [6, 6.07) is 3.53. The zero-order valence-electron chi connectivity index (χ0n) is 24.8. The Balaban J connectivity index is 1.90. The number of benzene rings is 1. The van der Waals surface area contributed by atoms with Gasteiger partial charge in [-0.05, 0) is 63.5 Å². The van der Waals surface area contributed by atoms with Crippen molar-refractivity contribution in [2.24, 2.45) is 11.8 Å². The fraction of sp³-hybridized carbons (Fsp3) is 0.733. The second-order valence-electron chi connectivity index (χ2n) is 11.4. The van der Waals surface area contributed by atoms with E-state index in [0.717, 1.165) is 57.2 Å². The highest BCUT2D eigenvalue weighted by molar-refractivity contribution is 5.79. The number of carboxylic acid groups (broad SMARTS) is 1. The van der Waals surface area contributed by atoms with Crippen LogP contribution < -0.4 is 14.2 Å². The second-order valence-corrected chi connectivity index (χ2v) is 11.4. The predicted octanol–water partition coefficient (Wildman–Crippen LogP) is 4.30. The number of carbonyl (C=O) groups excluding carboxylic acids is 1.